The number of hydrogen-bond donors (Lipinski definition) is 2. The number of halogens is 2. The molecule has 8 heteroatoms. The van der Waals surface area contributed by atoms with Crippen LogP contribution in [0, 0.1) is 17.6 Å². The molecule has 4 rings (SSSR count). The molecule has 1 aromatic heterocycles. The molecule has 31 heavy (non-hydrogen) atoms. The predicted molar refractivity (Wildman–Crippen MR) is 110 cm³/mol. The summed E-state index contributed by atoms with van der Waals surface area (Å²) in [5.74, 6) is -1.15. The second-order valence-corrected chi connectivity index (χ2v) is 7.80. The number of aromatic hydroxyl groups is 1. The first kappa shape index (κ1) is 21.0. The lowest BCUT2D eigenvalue weighted by molar-refractivity contribution is 0.0926. The second-order valence-electron chi connectivity index (χ2n) is 7.80. The van der Waals surface area contributed by atoms with E-state index in [1.807, 2.05) is 12.1 Å². The van der Waals surface area contributed by atoms with E-state index in [1.54, 1.807) is 12.1 Å². The zero-order valence-electron chi connectivity index (χ0n) is 16.9. The molecular formula is C23H23F2N3O3. The van der Waals surface area contributed by atoms with E-state index in [1.165, 1.54) is 12.1 Å². The van der Waals surface area contributed by atoms with E-state index in [0.717, 1.165) is 50.2 Å². The number of nitrogens with one attached hydrogen (secondary N) is 1. The van der Waals surface area contributed by atoms with Gasteiger partial charge in [-0.25, -0.2) is 8.78 Å². The third-order valence-electron chi connectivity index (χ3n) is 5.54. The van der Waals surface area contributed by atoms with E-state index in [0.29, 0.717) is 12.5 Å². The first-order chi connectivity index (χ1) is 15.0. The number of aromatic nitrogens is 1. The molecule has 0 spiro atoms. The molecule has 0 aliphatic carbocycles. The predicted octanol–water partition coefficient (Wildman–Crippen LogP) is 3.97. The lowest BCUT2D eigenvalue weighted by Gasteiger charge is -2.32. The van der Waals surface area contributed by atoms with Crippen molar-refractivity contribution in [2.45, 2.75) is 19.4 Å². The summed E-state index contributed by atoms with van der Waals surface area (Å²) in [4.78, 5) is 14.7. The van der Waals surface area contributed by atoms with Crippen molar-refractivity contribution in [1.82, 2.24) is 15.4 Å². The highest BCUT2D eigenvalue weighted by Gasteiger charge is 2.21. The van der Waals surface area contributed by atoms with Crippen LogP contribution in [0.5, 0.6) is 5.75 Å². The van der Waals surface area contributed by atoms with Crippen LogP contribution < -0.4 is 5.32 Å². The second kappa shape index (κ2) is 9.26. The van der Waals surface area contributed by atoms with Gasteiger partial charge >= 0.3 is 0 Å². The summed E-state index contributed by atoms with van der Waals surface area (Å²) in [6, 6.07) is 11.7. The minimum Gasteiger partial charge on any atom is -0.508 e. The van der Waals surface area contributed by atoms with Gasteiger partial charge in [-0.1, -0.05) is 17.3 Å². The van der Waals surface area contributed by atoms with Crippen LogP contribution in [0.4, 0.5) is 8.78 Å². The van der Waals surface area contributed by atoms with Crippen molar-refractivity contribution in [1.29, 1.82) is 0 Å². The SMILES string of the molecule is O=C(NCC1CCN(Cc2ccc(O)cc2)CC1)c1cc(-c2ccc(F)cc2F)on1. The zero-order chi connectivity index (χ0) is 21.8. The van der Waals surface area contributed by atoms with Crippen LogP contribution >= 0.6 is 0 Å². The maximum Gasteiger partial charge on any atom is 0.273 e. The minimum atomic E-state index is -0.776. The summed E-state index contributed by atoms with van der Waals surface area (Å²) >= 11 is 0. The highest BCUT2D eigenvalue weighted by molar-refractivity contribution is 5.93. The van der Waals surface area contributed by atoms with Crippen molar-refractivity contribution in [3.05, 3.63) is 71.4 Å². The Morgan fingerprint density at radius 3 is 2.58 bits per heavy atom. The molecule has 1 fully saturated rings. The van der Waals surface area contributed by atoms with Gasteiger partial charge in [0.15, 0.2) is 11.5 Å². The van der Waals surface area contributed by atoms with E-state index in [-0.39, 0.29) is 28.7 Å². The highest BCUT2D eigenvalue weighted by Crippen LogP contribution is 2.24. The topological polar surface area (TPSA) is 78.6 Å². The van der Waals surface area contributed by atoms with Crippen molar-refractivity contribution < 1.29 is 23.2 Å². The third-order valence-corrected chi connectivity index (χ3v) is 5.54. The smallest absolute Gasteiger partial charge is 0.273 e. The first-order valence-corrected chi connectivity index (χ1v) is 10.2. The van der Waals surface area contributed by atoms with Crippen LogP contribution in [0.1, 0.15) is 28.9 Å². The number of hydrogen-bond acceptors (Lipinski definition) is 5. The van der Waals surface area contributed by atoms with Crippen LogP contribution in [0.2, 0.25) is 0 Å². The Labute approximate surface area is 178 Å². The molecule has 2 aromatic carbocycles. The van der Waals surface area contributed by atoms with Crippen molar-refractivity contribution in [3.63, 3.8) is 0 Å². The molecule has 1 amide bonds. The van der Waals surface area contributed by atoms with Crippen molar-refractivity contribution in [3.8, 4) is 17.1 Å². The number of rotatable bonds is 6. The fourth-order valence-corrected chi connectivity index (χ4v) is 3.73. The summed E-state index contributed by atoms with van der Waals surface area (Å²) in [5.41, 5.74) is 1.27. The summed E-state index contributed by atoms with van der Waals surface area (Å²) < 4.78 is 32.0. The number of carbonyl (C=O) groups excluding carboxylic acids is 1. The number of phenolic OH excluding ortho intramolecular Hbond substituents is 1. The normalized spacial score (nSPS) is 15.2. The Kier molecular flexibility index (Phi) is 6.27. The van der Waals surface area contributed by atoms with Gasteiger partial charge in [-0.3, -0.25) is 9.69 Å². The van der Waals surface area contributed by atoms with Gasteiger partial charge in [-0.2, -0.15) is 0 Å². The molecular weight excluding hydrogens is 404 g/mol. The number of piperidine rings is 1. The molecule has 162 valence electrons. The number of carbonyl (C=O) groups is 1. The Bertz CT molecular complexity index is 1040. The van der Waals surface area contributed by atoms with Crippen LogP contribution in [0.25, 0.3) is 11.3 Å². The van der Waals surface area contributed by atoms with Gasteiger partial charge < -0.3 is 14.9 Å². The molecule has 2 heterocycles. The van der Waals surface area contributed by atoms with E-state index < -0.39 is 11.6 Å². The number of likely N-dealkylation sites (tertiary alicyclic amines) is 1. The Balaban J connectivity index is 1.25. The van der Waals surface area contributed by atoms with Gasteiger partial charge in [0.05, 0.1) is 5.56 Å². The average molecular weight is 427 g/mol. The van der Waals surface area contributed by atoms with Gasteiger partial charge in [0, 0.05) is 25.2 Å². The molecule has 1 saturated heterocycles. The van der Waals surface area contributed by atoms with Gasteiger partial charge in [-0.05, 0) is 61.7 Å². The van der Waals surface area contributed by atoms with Crippen molar-refractivity contribution in [2.75, 3.05) is 19.6 Å². The summed E-state index contributed by atoms with van der Waals surface area (Å²) in [7, 11) is 0. The van der Waals surface area contributed by atoms with Crippen molar-refractivity contribution >= 4 is 5.91 Å². The third kappa shape index (κ3) is 5.27. The Morgan fingerprint density at radius 1 is 1.13 bits per heavy atom. The van der Waals surface area contributed by atoms with E-state index in [2.05, 4.69) is 15.4 Å². The fraction of sp³-hybridized carbons (Fsp3) is 0.304. The number of amides is 1. The lowest BCUT2D eigenvalue weighted by atomic mass is 9.96. The summed E-state index contributed by atoms with van der Waals surface area (Å²) in [6.45, 7) is 3.22. The molecule has 3 aromatic rings. The highest BCUT2D eigenvalue weighted by atomic mass is 19.1. The number of phenols is 1. The monoisotopic (exact) mass is 427 g/mol. The van der Waals surface area contributed by atoms with E-state index in [9.17, 15) is 18.7 Å². The summed E-state index contributed by atoms with van der Waals surface area (Å²) in [5, 5.41) is 16.0. The van der Waals surface area contributed by atoms with Crippen LogP contribution in [-0.4, -0.2) is 40.7 Å². The largest absolute Gasteiger partial charge is 0.508 e. The molecule has 0 atom stereocenters. The maximum atomic E-state index is 13.9. The van der Waals surface area contributed by atoms with Crippen LogP contribution in [0.3, 0.4) is 0 Å². The fourth-order valence-electron chi connectivity index (χ4n) is 3.73. The maximum absolute atomic E-state index is 13.9. The standard InChI is InChI=1S/C23H23F2N3O3/c24-17-3-6-19(20(25)11-17)22-12-21(27-31-22)23(30)26-13-15-7-9-28(10-8-15)14-16-1-4-18(29)5-2-16/h1-6,11-12,15,29H,7-10,13-14H2,(H,26,30). The van der Waals surface area contributed by atoms with Crippen molar-refractivity contribution in [2.24, 2.45) is 5.92 Å². The molecule has 6 nitrogen and oxygen atoms in total. The molecule has 0 unspecified atom stereocenters. The molecule has 1 aliphatic rings. The lowest BCUT2D eigenvalue weighted by Crippen LogP contribution is -2.38. The average Bonchev–Trinajstić information content (AvgIpc) is 3.25. The number of nitrogens with zero attached hydrogens (tertiary/aromatic N) is 2. The molecule has 0 bridgehead atoms. The quantitative estimate of drug-likeness (QED) is 0.623. The zero-order valence-corrected chi connectivity index (χ0v) is 16.9. The van der Waals surface area contributed by atoms with Gasteiger partial charge in [-0.15, -0.1) is 0 Å². The first-order valence-electron chi connectivity index (χ1n) is 10.2. The molecule has 0 saturated carbocycles. The minimum absolute atomic E-state index is 0.0500. The molecule has 1 aliphatic heterocycles. The van der Waals surface area contributed by atoms with Crippen LogP contribution in [-0.2, 0) is 6.54 Å². The Morgan fingerprint density at radius 2 is 1.87 bits per heavy atom. The van der Waals surface area contributed by atoms with Gasteiger partial charge in [0.1, 0.15) is 17.4 Å². The molecule has 0 radical (unpaired) electrons. The van der Waals surface area contributed by atoms with E-state index >= 15 is 0 Å². The number of benzene rings is 2. The van der Waals surface area contributed by atoms with Crippen LogP contribution in [0.15, 0.2) is 53.1 Å². The Hall–Kier alpha value is -3.26. The van der Waals surface area contributed by atoms with E-state index in [4.69, 9.17) is 4.52 Å². The van der Waals surface area contributed by atoms with Gasteiger partial charge in [0.2, 0.25) is 0 Å². The molecule has 2 N–H and O–H groups in total. The summed E-state index contributed by atoms with van der Waals surface area (Å²) in [6.07, 6.45) is 1.92. The van der Waals surface area contributed by atoms with Gasteiger partial charge in [0.25, 0.3) is 5.91 Å².